The van der Waals surface area contributed by atoms with E-state index in [1.807, 2.05) is 43.3 Å². The van der Waals surface area contributed by atoms with Crippen molar-refractivity contribution >= 4 is 11.6 Å². The Morgan fingerprint density at radius 1 is 1.14 bits per heavy atom. The van der Waals surface area contributed by atoms with Gasteiger partial charge in [0.2, 0.25) is 0 Å². The van der Waals surface area contributed by atoms with Crippen LogP contribution < -0.4 is 4.74 Å². The molecule has 0 aromatic heterocycles. The number of hydrogen-bond acceptors (Lipinski definition) is 5. The summed E-state index contributed by atoms with van der Waals surface area (Å²) < 4.78 is 11.6. The first-order valence-electron chi connectivity index (χ1n) is 10.1. The van der Waals surface area contributed by atoms with Crippen LogP contribution >= 0.6 is 11.6 Å². The Morgan fingerprint density at radius 2 is 1.90 bits per heavy atom. The molecule has 2 aliphatic rings. The lowest BCUT2D eigenvalue weighted by Crippen LogP contribution is -2.65. The lowest BCUT2D eigenvalue weighted by atomic mass is 9.63. The summed E-state index contributed by atoms with van der Waals surface area (Å²) >= 11 is 6.43. The second-order valence-electron chi connectivity index (χ2n) is 7.99. The van der Waals surface area contributed by atoms with E-state index in [0.717, 1.165) is 28.9 Å². The minimum absolute atomic E-state index is 0.162. The number of fused-ring (bicyclic) bond motifs is 1. The van der Waals surface area contributed by atoms with Crippen LogP contribution in [-0.2, 0) is 11.2 Å². The first kappa shape index (κ1) is 20.6. The van der Waals surface area contributed by atoms with Crippen molar-refractivity contribution in [3.63, 3.8) is 0 Å². The topological polar surface area (TPSA) is 79.2 Å². The molecule has 0 amide bonds. The number of aliphatic hydroxyl groups is 3. The highest BCUT2D eigenvalue weighted by Crippen LogP contribution is 2.52. The van der Waals surface area contributed by atoms with Gasteiger partial charge in [0.25, 0.3) is 0 Å². The summed E-state index contributed by atoms with van der Waals surface area (Å²) in [5, 5.41) is 31.7. The highest BCUT2D eigenvalue weighted by Gasteiger charge is 2.59. The molecule has 5 atom stereocenters. The third-order valence-corrected chi connectivity index (χ3v) is 6.65. The van der Waals surface area contributed by atoms with Crippen molar-refractivity contribution in [1.29, 1.82) is 0 Å². The van der Waals surface area contributed by atoms with Crippen molar-refractivity contribution < 1.29 is 24.8 Å². The Balaban J connectivity index is 1.57. The lowest BCUT2D eigenvalue weighted by Gasteiger charge is -2.57. The van der Waals surface area contributed by atoms with Crippen LogP contribution in [0.4, 0.5) is 0 Å². The fraction of sp³-hybridized carbons (Fsp3) is 0.478. The van der Waals surface area contributed by atoms with Gasteiger partial charge in [0, 0.05) is 10.9 Å². The molecule has 6 heteroatoms. The summed E-state index contributed by atoms with van der Waals surface area (Å²) in [6, 6.07) is 13.4. The van der Waals surface area contributed by atoms with Gasteiger partial charge in [-0.25, -0.2) is 0 Å². The van der Waals surface area contributed by atoms with Crippen molar-refractivity contribution in [2.24, 2.45) is 5.92 Å². The van der Waals surface area contributed by atoms with Crippen LogP contribution in [0.3, 0.4) is 0 Å². The zero-order chi connectivity index (χ0) is 20.6. The molecular formula is C23H27ClO5. The predicted octanol–water partition coefficient (Wildman–Crippen LogP) is 3.26. The van der Waals surface area contributed by atoms with E-state index in [4.69, 9.17) is 21.1 Å². The Kier molecular flexibility index (Phi) is 5.87. The quantitative estimate of drug-likeness (QED) is 0.671. The van der Waals surface area contributed by atoms with Gasteiger partial charge in [0.05, 0.1) is 24.9 Å². The average molecular weight is 419 g/mol. The van der Waals surface area contributed by atoms with Gasteiger partial charge < -0.3 is 24.8 Å². The number of benzene rings is 2. The molecule has 1 aliphatic heterocycles. The summed E-state index contributed by atoms with van der Waals surface area (Å²) in [5.41, 5.74) is 1.98. The molecule has 3 N–H and O–H groups in total. The first-order valence-corrected chi connectivity index (χ1v) is 10.5. The minimum Gasteiger partial charge on any atom is -0.494 e. The Labute approximate surface area is 175 Å². The van der Waals surface area contributed by atoms with E-state index in [9.17, 15) is 15.3 Å². The second-order valence-corrected chi connectivity index (χ2v) is 8.40. The van der Waals surface area contributed by atoms with Crippen LogP contribution in [0.2, 0.25) is 5.02 Å². The molecule has 5 nitrogen and oxygen atoms in total. The van der Waals surface area contributed by atoms with Gasteiger partial charge in [-0.05, 0) is 61.1 Å². The maximum absolute atomic E-state index is 10.7. The normalized spacial score (nSPS) is 31.1. The smallest absolute Gasteiger partial charge is 0.119 e. The number of ether oxygens (including phenoxy) is 2. The molecule has 0 bridgehead atoms. The number of aliphatic hydroxyl groups excluding tert-OH is 3. The molecule has 29 heavy (non-hydrogen) atoms. The van der Waals surface area contributed by atoms with Gasteiger partial charge >= 0.3 is 0 Å². The molecule has 2 aromatic rings. The van der Waals surface area contributed by atoms with Gasteiger partial charge in [-0.2, -0.15) is 0 Å². The molecule has 2 aromatic carbocycles. The summed E-state index contributed by atoms with van der Waals surface area (Å²) in [6.45, 7) is 2.41. The zero-order valence-electron chi connectivity index (χ0n) is 16.4. The average Bonchev–Trinajstić information content (AvgIpc) is 2.70. The van der Waals surface area contributed by atoms with Crippen LogP contribution in [0.1, 0.15) is 42.6 Å². The highest BCUT2D eigenvalue weighted by atomic mass is 35.5. The van der Waals surface area contributed by atoms with Gasteiger partial charge in [-0.3, -0.25) is 0 Å². The molecule has 2 fully saturated rings. The van der Waals surface area contributed by atoms with Crippen molar-refractivity contribution in [1.82, 2.24) is 0 Å². The highest BCUT2D eigenvalue weighted by molar-refractivity contribution is 6.31. The fourth-order valence-corrected chi connectivity index (χ4v) is 4.68. The minimum atomic E-state index is -1.04. The lowest BCUT2D eigenvalue weighted by molar-refractivity contribution is -0.298. The van der Waals surface area contributed by atoms with Gasteiger partial charge in [0.15, 0.2) is 0 Å². The zero-order valence-corrected chi connectivity index (χ0v) is 17.2. The van der Waals surface area contributed by atoms with Crippen LogP contribution in [0.5, 0.6) is 5.75 Å². The maximum Gasteiger partial charge on any atom is 0.119 e. The summed E-state index contributed by atoms with van der Waals surface area (Å²) in [6.07, 6.45) is -0.613. The van der Waals surface area contributed by atoms with Crippen LogP contribution in [0.15, 0.2) is 42.5 Å². The Bertz CT molecular complexity index is 851. The third-order valence-electron chi connectivity index (χ3n) is 6.28. The number of halogens is 1. The van der Waals surface area contributed by atoms with Gasteiger partial charge in [-0.15, -0.1) is 0 Å². The van der Waals surface area contributed by atoms with E-state index in [1.165, 1.54) is 0 Å². The second kappa shape index (κ2) is 8.25. The van der Waals surface area contributed by atoms with E-state index >= 15 is 0 Å². The van der Waals surface area contributed by atoms with Crippen LogP contribution in [0.25, 0.3) is 0 Å². The van der Waals surface area contributed by atoms with Crippen molar-refractivity contribution in [3.05, 3.63) is 64.2 Å². The maximum atomic E-state index is 10.7. The third kappa shape index (κ3) is 3.78. The van der Waals surface area contributed by atoms with Crippen LogP contribution in [-0.4, -0.2) is 46.3 Å². The van der Waals surface area contributed by atoms with Gasteiger partial charge in [0.1, 0.15) is 18.0 Å². The fourth-order valence-electron chi connectivity index (χ4n) is 4.50. The van der Waals surface area contributed by atoms with E-state index in [1.54, 1.807) is 6.07 Å². The first-order chi connectivity index (χ1) is 14.0. The van der Waals surface area contributed by atoms with Gasteiger partial charge in [-0.1, -0.05) is 35.9 Å². The molecule has 1 aliphatic carbocycles. The van der Waals surface area contributed by atoms with Crippen molar-refractivity contribution in [2.45, 2.75) is 50.1 Å². The molecule has 1 saturated heterocycles. The molecule has 4 rings (SSSR count). The van der Waals surface area contributed by atoms with E-state index in [2.05, 4.69) is 0 Å². The standard InChI is InChI=1S/C23H27ClO5/c1-2-28-17-6-3-14(4-7-17)11-16-12-15(5-8-19(16)24)22-21(27)20(26)18-9-10-23(18,13-25)29-22/h3-8,12,18,20-22,25-27H,2,9-11,13H2,1H3. The monoisotopic (exact) mass is 418 g/mol. The van der Waals surface area contributed by atoms with E-state index < -0.39 is 23.9 Å². The number of hydrogen-bond donors (Lipinski definition) is 3. The van der Waals surface area contributed by atoms with E-state index in [0.29, 0.717) is 24.5 Å². The molecule has 156 valence electrons. The summed E-state index contributed by atoms with van der Waals surface area (Å²) in [4.78, 5) is 0. The van der Waals surface area contributed by atoms with Crippen molar-refractivity contribution in [3.8, 4) is 5.75 Å². The van der Waals surface area contributed by atoms with Crippen molar-refractivity contribution in [2.75, 3.05) is 13.2 Å². The molecule has 0 radical (unpaired) electrons. The molecule has 1 heterocycles. The molecule has 5 unspecified atom stereocenters. The Morgan fingerprint density at radius 3 is 2.52 bits per heavy atom. The Hall–Kier alpha value is -1.63. The van der Waals surface area contributed by atoms with E-state index in [-0.39, 0.29) is 12.5 Å². The SMILES string of the molecule is CCOc1ccc(Cc2cc(C3OC4(CO)CCC4C(O)C3O)ccc2Cl)cc1. The number of rotatable bonds is 6. The van der Waals surface area contributed by atoms with Crippen LogP contribution in [0, 0.1) is 5.92 Å². The predicted molar refractivity (Wildman–Crippen MR) is 110 cm³/mol. The summed E-state index contributed by atoms with van der Waals surface area (Å²) in [5.74, 6) is 0.600. The molecular weight excluding hydrogens is 392 g/mol. The summed E-state index contributed by atoms with van der Waals surface area (Å²) in [7, 11) is 0. The molecule has 0 spiro atoms. The largest absolute Gasteiger partial charge is 0.494 e. The molecule has 1 saturated carbocycles.